The summed E-state index contributed by atoms with van der Waals surface area (Å²) in [6.45, 7) is 9.07. The number of aliphatic hydroxyl groups excluding tert-OH is 1. The summed E-state index contributed by atoms with van der Waals surface area (Å²) in [6.07, 6.45) is 12.2. The molecule has 0 aliphatic heterocycles. The van der Waals surface area contributed by atoms with E-state index in [0.29, 0.717) is 0 Å². The van der Waals surface area contributed by atoms with Crippen molar-refractivity contribution in [2.24, 2.45) is 11.8 Å². The highest BCUT2D eigenvalue weighted by Gasteiger charge is 2.12. The van der Waals surface area contributed by atoms with Crippen LogP contribution in [0.4, 0.5) is 0 Å². The first kappa shape index (κ1) is 18.0. The van der Waals surface area contributed by atoms with Crippen molar-refractivity contribution in [1.82, 2.24) is 0 Å². The quantitative estimate of drug-likeness (QED) is 0.484. The van der Waals surface area contributed by atoms with Crippen LogP contribution in [-0.4, -0.2) is 11.2 Å². The molecule has 0 amide bonds. The molecule has 1 heteroatoms. The second-order valence-electron chi connectivity index (χ2n) is 5.91. The molecule has 0 saturated heterocycles. The van der Waals surface area contributed by atoms with Crippen LogP contribution in [0.1, 0.15) is 91.9 Å². The summed E-state index contributed by atoms with van der Waals surface area (Å²) in [7, 11) is 0. The van der Waals surface area contributed by atoms with Crippen molar-refractivity contribution in [3.05, 3.63) is 0 Å². The van der Waals surface area contributed by atoms with E-state index in [9.17, 15) is 5.11 Å². The summed E-state index contributed by atoms with van der Waals surface area (Å²) in [5, 5.41) is 10.1. The molecule has 110 valence electrons. The Morgan fingerprint density at radius 3 is 1.61 bits per heavy atom. The van der Waals surface area contributed by atoms with Gasteiger partial charge in [-0.15, -0.1) is 0 Å². The molecule has 0 aliphatic carbocycles. The van der Waals surface area contributed by atoms with Crippen molar-refractivity contribution >= 4 is 0 Å². The molecule has 18 heavy (non-hydrogen) atoms. The summed E-state index contributed by atoms with van der Waals surface area (Å²) >= 11 is 0. The van der Waals surface area contributed by atoms with Crippen LogP contribution in [0, 0.1) is 11.8 Å². The van der Waals surface area contributed by atoms with Gasteiger partial charge < -0.3 is 5.11 Å². The Balaban J connectivity index is 3.69. The topological polar surface area (TPSA) is 20.2 Å². The van der Waals surface area contributed by atoms with Crippen LogP contribution >= 0.6 is 0 Å². The smallest absolute Gasteiger partial charge is 0.0540 e. The van der Waals surface area contributed by atoms with E-state index in [1.165, 1.54) is 51.4 Å². The Bertz CT molecular complexity index is 163. The normalized spacial score (nSPS) is 15.0. The lowest BCUT2D eigenvalue weighted by molar-refractivity contribution is 0.133. The zero-order valence-electron chi connectivity index (χ0n) is 13.3. The van der Waals surface area contributed by atoms with E-state index in [2.05, 4.69) is 27.7 Å². The molecule has 0 aromatic carbocycles. The minimum absolute atomic E-state index is 0.0544. The van der Waals surface area contributed by atoms with Gasteiger partial charge in [0.2, 0.25) is 0 Å². The van der Waals surface area contributed by atoms with E-state index < -0.39 is 0 Å². The van der Waals surface area contributed by atoms with E-state index in [4.69, 9.17) is 0 Å². The SMILES string of the molecule is CCCC[C@H](CC)CC[C@@H](O)CCC(CC)CC. The van der Waals surface area contributed by atoms with E-state index in [-0.39, 0.29) is 6.10 Å². The van der Waals surface area contributed by atoms with Crippen LogP contribution < -0.4 is 0 Å². The molecule has 0 fully saturated rings. The van der Waals surface area contributed by atoms with E-state index in [1.807, 2.05) is 0 Å². The van der Waals surface area contributed by atoms with Crippen molar-refractivity contribution in [3.8, 4) is 0 Å². The summed E-state index contributed by atoms with van der Waals surface area (Å²) in [5.74, 6) is 1.66. The molecule has 0 spiro atoms. The molecule has 0 rings (SSSR count). The highest BCUT2D eigenvalue weighted by molar-refractivity contribution is 4.65. The molecule has 0 radical (unpaired) electrons. The Morgan fingerprint density at radius 1 is 0.667 bits per heavy atom. The summed E-state index contributed by atoms with van der Waals surface area (Å²) in [4.78, 5) is 0. The molecule has 0 aliphatic rings. The van der Waals surface area contributed by atoms with Crippen molar-refractivity contribution in [3.63, 3.8) is 0 Å². The van der Waals surface area contributed by atoms with Crippen LogP contribution in [0.2, 0.25) is 0 Å². The molecule has 0 unspecified atom stereocenters. The second-order valence-corrected chi connectivity index (χ2v) is 5.91. The Kier molecular flexibility index (Phi) is 12.0. The second kappa shape index (κ2) is 12.0. The molecule has 0 bridgehead atoms. The maximum atomic E-state index is 10.1. The Labute approximate surface area is 115 Å². The van der Waals surface area contributed by atoms with Crippen LogP contribution in [0.25, 0.3) is 0 Å². The Hall–Kier alpha value is -0.0400. The lowest BCUT2D eigenvalue weighted by Gasteiger charge is -2.19. The van der Waals surface area contributed by atoms with Gasteiger partial charge in [0.25, 0.3) is 0 Å². The summed E-state index contributed by atoms with van der Waals surface area (Å²) in [6, 6.07) is 0. The maximum Gasteiger partial charge on any atom is 0.0540 e. The van der Waals surface area contributed by atoms with Crippen LogP contribution in [-0.2, 0) is 0 Å². The summed E-state index contributed by atoms with van der Waals surface area (Å²) in [5.41, 5.74) is 0. The first-order valence-corrected chi connectivity index (χ1v) is 8.35. The largest absolute Gasteiger partial charge is 0.393 e. The first-order chi connectivity index (χ1) is 8.67. The third-order valence-corrected chi connectivity index (χ3v) is 4.51. The van der Waals surface area contributed by atoms with Gasteiger partial charge in [0.15, 0.2) is 0 Å². The lowest BCUT2D eigenvalue weighted by atomic mass is 9.90. The summed E-state index contributed by atoms with van der Waals surface area (Å²) < 4.78 is 0. The Morgan fingerprint density at radius 2 is 1.17 bits per heavy atom. The molecular weight excluding hydrogens is 220 g/mol. The van der Waals surface area contributed by atoms with E-state index >= 15 is 0 Å². The van der Waals surface area contributed by atoms with Gasteiger partial charge in [0.05, 0.1) is 6.10 Å². The highest BCUT2D eigenvalue weighted by Crippen LogP contribution is 2.22. The third kappa shape index (κ3) is 8.97. The highest BCUT2D eigenvalue weighted by atomic mass is 16.3. The van der Waals surface area contributed by atoms with Crippen molar-refractivity contribution in [1.29, 1.82) is 0 Å². The molecule has 1 N–H and O–H groups in total. The fourth-order valence-electron chi connectivity index (χ4n) is 2.74. The molecular formula is C17H36O. The molecule has 0 aromatic rings. The first-order valence-electron chi connectivity index (χ1n) is 8.35. The average molecular weight is 256 g/mol. The van der Waals surface area contributed by atoms with Gasteiger partial charge in [0, 0.05) is 0 Å². The predicted octanol–water partition coefficient (Wildman–Crippen LogP) is 5.56. The van der Waals surface area contributed by atoms with Gasteiger partial charge in [-0.1, -0.05) is 66.2 Å². The molecule has 2 atom stereocenters. The van der Waals surface area contributed by atoms with Gasteiger partial charge in [0.1, 0.15) is 0 Å². The van der Waals surface area contributed by atoms with Crippen LogP contribution in [0.15, 0.2) is 0 Å². The number of hydrogen-bond acceptors (Lipinski definition) is 1. The zero-order valence-corrected chi connectivity index (χ0v) is 13.3. The maximum absolute atomic E-state index is 10.1. The fraction of sp³-hybridized carbons (Fsp3) is 1.00. The van der Waals surface area contributed by atoms with Gasteiger partial charge in [-0.05, 0) is 37.5 Å². The predicted molar refractivity (Wildman–Crippen MR) is 81.9 cm³/mol. The van der Waals surface area contributed by atoms with E-state index in [1.54, 1.807) is 0 Å². The van der Waals surface area contributed by atoms with Gasteiger partial charge in [-0.25, -0.2) is 0 Å². The lowest BCUT2D eigenvalue weighted by Crippen LogP contribution is -2.12. The van der Waals surface area contributed by atoms with Gasteiger partial charge >= 0.3 is 0 Å². The zero-order chi connectivity index (χ0) is 13.8. The standard InChI is InChI=1S/C17H36O/c1-5-9-10-16(8-4)12-14-17(18)13-11-15(6-2)7-3/h15-18H,5-14H2,1-4H3/t16-,17-/m0/s1. The van der Waals surface area contributed by atoms with Gasteiger partial charge in [-0.3, -0.25) is 0 Å². The number of hydrogen-bond donors (Lipinski definition) is 1. The number of unbranched alkanes of at least 4 members (excludes halogenated alkanes) is 1. The molecule has 0 saturated carbocycles. The van der Waals surface area contributed by atoms with Gasteiger partial charge in [-0.2, -0.15) is 0 Å². The van der Waals surface area contributed by atoms with Crippen molar-refractivity contribution in [2.75, 3.05) is 0 Å². The van der Waals surface area contributed by atoms with Crippen LogP contribution in [0.5, 0.6) is 0 Å². The average Bonchev–Trinajstić information content (AvgIpc) is 2.40. The minimum atomic E-state index is -0.0544. The van der Waals surface area contributed by atoms with Crippen LogP contribution in [0.3, 0.4) is 0 Å². The minimum Gasteiger partial charge on any atom is -0.393 e. The number of aliphatic hydroxyl groups is 1. The monoisotopic (exact) mass is 256 g/mol. The van der Waals surface area contributed by atoms with Crippen molar-refractivity contribution < 1.29 is 5.11 Å². The fourth-order valence-corrected chi connectivity index (χ4v) is 2.74. The van der Waals surface area contributed by atoms with E-state index in [0.717, 1.165) is 24.7 Å². The third-order valence-electron chi connectivity index (χ3n) is 4.51. The number of rotatable bonds is 12. The molecule has 0 aromatic heterocycles. The van der Waals surface area contributed by atoms with Crippen molar-refractivity contribution in [2.45, 2.75) is 98.0 Å². The molecule has 1 nitrogen and oxygen atoms in total. The molecule has 0 heterocycles.